The SMILES string of the molecule is COc1ccc(N=NC(C(C)=O)C(=O)Nc2ccccc2)cc1. The Bertz CT molecular complexity index is 697. The van der Waals surface area contributed by atoms with E-state index in [9.17, 15) is 9.59 Å². The molecule has 0 heterocycles. The van der Waals surface area contributed by atoms with Gasteiger partial charge in [0.25, 0.3) is 5.91 Å². The van der Waals surface area contributed by atoms with Crippen LogP contribution in [0.4, 0.5) is 11.4 Å². The minimum atomic E-state index is -1.18. The Morgan fingerprint density at radius 2 is 1.70 bits per heavy atom. The van der Waals surface area contributed by atoms with Crippen molar-refractivity contribution in [3.8, 4) is 5.75 Å². The molecule has 0 aliphatic rings. The van der Waals surface area contributed by atoms with E-state index >= 15 is 0 Å². The van der Waals surface area contributed by atoms with Gasteiger partial charge in [-0.1, -0.05) is 18.2 Å². The van der Waals surface area contributed by atoms with Crippen LogP contribution >= 0.6 is 0 Å². The topological polar surface area (TPSA) is 80.1 Å². The van der Waals surface area contributed by atoms with Crippen LogP contribution in [0.2, 0.25) is 0 Å². The monoisotopic (exact) mass is 311 g/mol. The molecule has 6 heteroatoms. The molecule has 1 atom stereocenters. The molecule has 1 N–H and O–H groups in total. The van der Waals surface area contributed by atoms with Gasteiger partial charge in [0.2, 0.25) is 6.04 Å². The number of methoxy groups -OCH3 is 1. The molecule has 0 fully saturated rings. The molecule has 1 unspecified atom stereocenters. The normalized spacial score (nSPS) is 11.9. The number of nitrogens with zero attached hydrogens (tertiary/aromatic N) is 2. The molecule has 0 saturated heterocycles. The lowest BCUT2D eigenvalue weighted by molar-refractivity contribution is -0.126. The van der Waals surface area contributed by atoms with Gasteiger partial charge < -0.3 is 10.1 Å². The fourth-order valence-electron chi connectivity index (χ4n) is 1.82. The van der Waals surface area contributed by atoms with Crippen LogP contribution in [0.25, 0.3) is 0 Å². The number of anilines is 1. The Hall–Kier alpha value is -3.02. The number of amides is 1. The first-order valence-electron chi connectivity index (χ1n) is 7.01. The van der Waals surface area contributed by atoms with E-state index in [4.69, 9.17) is 4.74 Å². The number of carbonyl (C=O) groups is 2. The lowest BCUT2D eigenvalue weighted by Crippen LogP contribution is -2.31. The third-order valence-electron chi connectivity index (χ3n) is 3.04. The van der Waals surface area contributed by atoms with Gasteiger partial charge in [-0.15, -0.1) is 0 Å². The summed E-state index contributed by atoms with van der Waals surface area (Å²) in [5.74, 6) is -0.203. The summed E-state index contributed by atoms with van der Waals surface area (Å²) in [5, 5.41) is 10.5. The van der Waals surface area contributed by atoms with Crippen molar-refractivity contribution in [2.75, 3.05) is 12.4 Å². The molecule has 0 bridgehead atoms. The maximum absolute atomic E-state index is 12.2. The minimum Gasteiger partial charge on any atom is -0.497 e. The molecule has 6 nitrogen and oxygen atoms in total. The van der Waals surface area contributed by atoms with Gasteiger partial charge in [0.05, 0.1) is 12.8 Å². The largest absolute Gasteiger partial charge is 0.497 e. The van der Waals surface area contributed by atoms with Crippen LogP contribution in [-0.4, -0.2) is 24.8 Å². The van der Waals surface area contributed by atoms with Crippen LogP contribution in [0, 0.1) is 0 Å². The standard InChI is InChI=1S/C17H17N3O3/c1-12(21)16(17(22)18-13-6-4-3-5-7-13)20-19-14-8-10-15(23-2)11-9-14/h3-11,16H,1-2H3,(H,18,22). The second kappa shape index (κ2) is 7.84. The maximum atomic E-state index is 12.2. The molecule has 2 rings (SSSR count). The second-order valence-corrected chi connectivity index (χ2v) is 4.78. The van der Waals surface area contributed by atoms with Crippen molar-refractivity contribution in [2.24, 2.45) is 10.2 Å². The third kappa shape index (κ3) is 4.74. The fraction of sp³-hybridized carbons (Fsp3) is 0.176. The van der Waals surface area contributed by atoms with Crippen LogP contribution in [0.5, 0.6) is 5.75 Å². The average molecular weight is 311 g/mol. The number of rotatable bonds is 6. The van der Waals surface area contributed by atoms with Crippen molar-refractivity contribution >= 4 is 23.1 Å². The molecule has 118 valence electrons. The zero-order chi connectivity index (χ0) is 16.7. The van der Waals surface area contributed by atoms with Crippen molar-refractivity contribution in [1.29, 1.82) is 0 Å². The number of nitrogens with one attached hydrogen (secondary N) is 1. The summed E-state index contributed by atoms with van der Waals surface area (Å²) in [5.41, 5.74) is 1.13. The third-order valence-corrected chi connectivity index (χ3v) is 3.04. The Balaban J connectivity index is 2.09. The number of ketones is 1. The number of para-hydroxylation sites is 1. The van der Waals surface area contributed by atoms with Gasteiger partial charge in [0.1, 0.15) is 5.75 Å². The lowest BCUT2D eigenvalue weighted by atomic mass is 10.2. The summed E-state index contributed by atoms with van der Waals surface area (Å²) >= 11 is 0. The smallest absolute Gasteiger partial charge is 0.258 e. The van der Waals surface area contributed by atoms with E-state index in [1.807, 2.05) is 6.07 Å². The van der Waals surface area contributed by atoms with Crippen LogP contribution in [-0.2, 0) is 9.59 Å². The van der Waals surface area contributed by atoms with E-state index in [-0.39, 0.29) is 5.78 Å². The number of azo groups is 1. The molecule has 0 radical (unpaired) electrons. The minimum absolute atomic E-state index is 0.379. The lowest BCUT2D eigenvalue weighted by Gasteiger charge is -2.09. The van der Waals surface area contributed by atoms with Crippen LogP contribution in [0.1, 0.15) is 6.92 Å². The van der Waals surface area contributed by atoms with Crippen molar-refractivity contribution in [1.82, 2.24) is 0 Å². The summed E-state index contributed by atoms with van der Waals surface area (Å²) in [6.07, 6.45) is 0. The molecule has 23 heavy (non-hydrogen) atoms. The van der Waals surface area contributed by atoms with Crippen molar-refractivity contribution in [2.45, 2.75) is 13.0 Å². The van der Waals surface area contributed by atoms with E-state index in [1.165, 1.54) is 6.92 Å². The van der Waals surface area contributed by atoms with E-state index < -0.39 is 11.9 Å². The quantitative estimate of drug-likeness (QED) is 0.656. The Kier molecular flexibility index (Phi) is 5.57. The summed E-state index contributed by atoms with van der Waals surface area (Å²) in [6, 6.07) is 14.5. The Morgan fingerprint density at radius 3 is 2.26 bits per heavy atom. The number of benzene rings is 2. The first-order chi connectivity index (χ1) is 11.1. The fourth-order valence-corrected chi connectivity index (χ4v) is 1.82. The first-order valence-corrected chi connectivity index (χ1v) is 7.01. The number of ether oxygens (including phenoxy) is 1. The van der Waals surface area contributed by atoms with Gasteiger partial charge in [0, 0.05) is 5.69 Å². The van der Waals surface area contributed by atoms with E-state index in [0.717, 1.165) is 0 Å². The Labute approximate surface area is 134 Å². The Morgan fingerprint density at radius 1 is 1.04 bits per heavy atom. The van der Waals surface area contributed by atoms with Gasteiger partial charge in [-0.05, 0) is 43.3 Å². The van der Waals surface area contributed by atoms with Gasteiger partial charge in [0.15, 0.2) is 5.78 Å². The molecule has 2 aromatic carbocycles. The summed E-state index contributed by atoms with van der Waals surface area (Å²) in [7, 11) is 1.57. The average Bonchev–Trinajstić information content (AvgIpc) is 2.56. The van der Waals surface area contributed by atoms with Gasteiger partial charge >= 0.3 is 0 Å². The summed E-state index contributed by atoms with van der Waals surface area (Å²) in [6.45, 7) is 1.31. The summed E-state index contributed by atoms with van der Waals surface area (Å²) in [4.78, 5) is 23.8. The van der Waals surface area contributed by atoms with Gasteiger partial charge in [-0.3, -0.25) is 9.59 Å². The number of Topliss-reactive ketones (excluding diaryl/α,β-unsaturated/α-hetero) is 1. The van der Waals surface area contributed by atoms with Crippen LogP contribution in [0.3, 0.4) is 0 Å². The molecule has 0 spiro atoms. The molecular formula is C17H17N3O3. The van der Waals surface area contributed by atoms with Crippen molar-refractivity contribution in [3.05, 3.63) is 54.6 Å². The van der Waals surface area contributed by atoms with Crippen molar-refractivity contribution in [3.63, 3.8) is 0 Å². The highest BCUT2D eigenvalue weighted by Crippen LogP contribution is 2.18. The van der Waals surface area contributed by atoms with Gasteiger partial charge in [-0.25, -0.2) is 0 Å². The summed E-state index contributed by atoms with van der Waals surface area (Å²) < 4.78 is 5.05. The highest BCUT2D eigenvalue weighted by Gasteiger charge is 2.23. The zero-order valence-corrected chi connectivity index (χ0v) is 12.9. The number of hydrogen-bond donors (Lipinski definition) is 1. The molecular weight excluding hydrogens is 294 g/mol. The van der Waals surface area contributed by atoms with E-state index in [2.05, 4.69) is 15.5 Å². The number of hydrogen-bond acceptors (Lipinski definition) is 5. The predicted octanol–water partition coefficient (Wildman–Crippen LogP) is 3.38. The molecule has 0 aromatic heterocycles. The zero-order valence-electron chi connectivity index (χ0n) is 12.9. The number of carbonyl (C=O) groups excluding carboxylic acids is 2. The van der Waals surface area contributed by atoms with Crippen molar-refractivity contribution < 1.29 is 14.3 Å². The highest BCUT2D eigenvalue weighted by molar-refractivity contribution is 6.10. The molecule has 1 amide bonds. The second-order valence-electron chi connectivity index (χ2n) is 4.78. The van der Waals surface area contributed by atoms with Gasteiger partial charge in [-0.2, -0.15) is 10.2 Å². The van der Waals surface area contributed by atoms with Crippen LogP contribution < -0.4 is 10.1 Å². The van der Waals surface area contributed by atoms with E-state index in [0.29, 0.717) is 17.1 Å². The molecule has 2 aromatic rings. The predicted molar refractivity (Wildman–Crippen MR) is 87.1 cm³/mol. The molecule has 0 aliphatic carbocycles. The first kappa shape index (κ1) is 16.4. The molecule has 0 saturated carbocycles. The van der Waals surface area contributed by atoms with E-state index in [1.54, 1.807) is 55.6 Å². The highest BCUT2D eigenvalue weighted by atomic mass is 16.5. The maximum Gasteiger partial charge on any atom is 0.258 e. The molecule has 0 aliphatic heterocycles. The van der Waals surface area contributed by atoms with Crippen LogP contribution in [0.15, 0.2) is 64.8 Å².